The van der Waals surface area contributed by atoms with Crippen molar-refractivity contribution >= 4 is 29.4 Å². The molecule has 0 saturated carbocycles. The maximum Gasteiger partial charge on any atom is 0.248 e. The lowest BCUT2D eigenvalue weighted by atomic mass is 10.2. The highest BCUT2D eigenvalue weighted by Gasteiger charge is 2.00. The first-order valence-electron chi connectivity index (χ1n) is 6.06. The number of hydrogen-bond acceptors (Lipinski definition) is 2. The number of carbonyl (C=O) groups excluding carboxylic acids is 1. The van der Waals surface area contributed by atoms with Gasteiger partial charge in [0.15, 0.2) is 0 Å². The van der Waals surface area contributed by atoms with Crippen molar-refractivity contribution in [2.75, 3.05) is 11.6 Å². The molecule has 2 aromatic carbocycles. The minimum Gasteiger partial charge on any atom is -0.322 e. The molecule has 0 aromatic heterocycles. The Morgan fingerprint density at radius 3 is 2.75 bits per heavy atom. The van der Waals surface area contributed by atoms with Crippen LogP contribution in [0.5, 0.6) is 0 Å². The third-order valence-corrected chi connectivity index (χ3v) is 3.38. The molecule has 1 amide bonds. The summed E-state index contributed by atoms with van der Waals surface area (Å²) in [4.78, 5) is 12.8. The van der Waals surface area contributed by atoms with Crippen molar-refractivity contribution in [1.29, 1.82) is 0 Å². The standard InChI is InChI=1S/C16H14FNOS/c1-20-14-7-4-6-13(11-14)18-16(19)10-9-12-5-2-3-8-15(12)17/h2-11H,1H3,(H,18,19)/b10-9+. The van der Waals surface area contributed by atoms with Crippen LogP contribution >= 0.6 is 11.8 Å². The van der Waals surface area contributed by atoms with E-state index in [0.29, 0.717) is 5.56 Å². The fraction of sp³-hybridized carbons (Fsp3) is 0.0625. The summed E-state index contributed by atoms with van der Waals surface area (Å²) in [6, 6.07) is 13.9. The van der Waals surface area contributed by atoms with Crippen LogP contribution in [-0.4, -0.2) is 12.2 Å². The zero-order chi connectivity index (χ0) is 14.4. The smallest absolute Gasteiger partial charge is 0.248 e. The van der Waals surface area contributed by atoms with E-state index in [-0.39, 0.29) is 11.7 Å². The van der Waals surface area contributed by atoms with E-state index in [2.05, 4.69) is 5.32 Å². The van der Waals surface area contributed by atoms with Crippen molar-refractivity contribution in [3.05, 3.63) is 66.0 Å². The largest absolute Gasteiger partial charge is 0.322 e. The Hall–Kier alpha value is -2.07. The SMILES string of the molecule is CSc1cccc(NC(=O)/C=C/c2ccccc2F)c1. The number of hydrogen-bond donors (Lipinski definition) is 1. The van der Waals surface area contributed by atoms with Gasteiger partial charge in [-0.05, 0) is 36.6 Å². The Morgan fingerprint density at radius 2 is 2.00 bits per heavy atom. The number of amides is 1. The molecule has 0 aliphatic heterocycles. The molecule has 1 N–H and O–H groups in total. The zero-order valence-corrected chi connectivity index (χ0v) is 11.8. The van der Waals surface area contributed by atoms with Gasteiger partial charge in [-0.3, -0.25) is 4.79 Å². The summed E-state index contributed by atoms with van der Waals surface area (Å²) >= 11 is 1.60. The molecule has 2 rings (SSSR count). The molecule has 0 aliphatic rings. The van der Waals surface area contributed by atoms with E-state index in [4.69, 9.17) is 0 Å². The van der Waals surface area contributed by atoms with Crippen LogP contribution in [-0.2, 0) is 4.79 Å². The molecule has 0 unspecified atom stereocenters. The van der Waals surface area contributed by atoms with Crippen LogP contribution in [0.2, 0.25) is 0 Å². The molecule has 20 heavy (non-hydrogen) atoms. The van der Waals surface area contributed by atoms with E-state index in [1.807, 2.05) is 30.5 Å². The van der Waals surface area contributed by atoms with Gasteiger partial charge >= 0.3 is 0 Å². The topological polar surface area (TPSA) is 29.1 Å². The van der Waals surface area contributed by atoms with Crippen LogP contribution in [0.15, 0.2) is 59.5 Å². The molecular formula is C16H14FNOS. The number of rotatable bonds is 4. The van der Waals surface area contributed by atoms with Gasteiger partial charge in [0.05, 0.1) is 0 Å². The van der Waals surface area contributed by atoms with Crippen LogP contribution in [0.25, 0.3) is 6.08 Å². The first kappa shape index (κ1) is 14.3. The summed E-state index contributed by atoms with van der Waals surface area (Å²) in [5.74, 6) is -0.632. The van der Waals surface area contributed by atoms with Crippen LogP contribution in [0.4, 0.5) is 10.1 Å². The number of thioether (sulfide) groups is 1. The maximum absolute atomic E-state index is 13.4. The van der Waals surface area contributed by atoms with E-state index >= 15 is 0 Å². The van der Waals surface area contributed by atoms with Crippen molar-refractivity contribution in [2.45, 2.75) is 4.90 Å². The third kappa shape index (κ3) is 3.96. The minimum atomic E-state index is -0.346. The van der Waals surface area contributed by atoms with Crippen molar-refractivity contribution in [3.63, 3.8) is 0 Å². The second kappa shape index (κ2) is 6.91. The summed E-state index contributed by atoms with van der Waals surface area (Å²) in [5.41, 5.74) is 1.11. The number of anilines is 1. The van der Waals surface area contributed by atoms with E-state index in [0.717, 1.165) is 10.6 Å². The highest BCUT2D eigenvalue weighted by atomic mass is 32.2. The van der Waals surface area contributed by atoms with E-state index in [1.54, 1.807) is 30.0 Å². The lowest BCUT2D eigenvalue weighted by Gasteiger charge is -2.03. The number of halogens is 1. The van der Waals surface area contributed by atoms with Crippen molar-refractivity contribution < 1.29 is 9.18 Å². The molecule has 0 atom stereocenters. The summed E-state index contributed by atoms with van der Waals surface area (Å²) in [5, 5.41) is 2.74. The summed E-state index contributed by atoms with van der Waals surface area (Å²) in [7, 11) is 0. The Labute approximate surface area is 121 Å². The molecule has 0 aliphatic carbocycles. The van der Waals surface area contributed by atoms with Crippen molar-refractivity contribution in [2.24, 2.45) is 0 Å². The van der Waals surface area contributed by atoms with Crippen LogP contribution in [0, 0.1) is 5.82 Å². The average Bonchev–Trinajstić information content (AvgIpc) is 2.46. The number of nitrogens with one attached hydrogen (secondary N) is 1. The normalized spacial score (nSPS) is 10.7. The van der Waals surface area contributed by atoms with Gasteiger partial charge in [-0.2, -0.15) is 0 Å². The fourth-order valence-corrected chi connectivity index (χ4v) is 2.12. The molecule has 2 nitrogen and oxygen atoms in total. The molecule has 4 heteroatoms. The van der Waals surface area contributed by atoms with E-state index in [1.165, 1.54) is 18.2 Å². The third-order valence-electron chi connectivity index (χ3n) is 2.66. The second-order valence-electron chi connectivity index (χ2n) is 4.08. The number of benzene rings is 2. The van der Waals surface area contributed by atoms with Crippen LogP contribution in [0.3, 0.4) is 0 Å². The highest BCUT2D eigenvalue weighted by molar-refractivity contribution is 7.98. The zero-order valence-electron chi connectivity index (χ0n) is 11.0. The van der Waals surface area contributed by atoms with Gasteiger partial charge < -0.3 is 5.32 Å². The summed E-state index contributed by atoms with van der Waals surface area (Å²) in [6.07, 6.45) is 4.76. The highest BCUT2D eigenvalue weighted by Crippen LogP contribution is 2.19. The lowest BCUT2D eigenvalue weighted by molar-refractivity contribution is -0.111. The van der Waals surface area contributed by atoms with Gasteiger partial charge in [0.25, 0.3) is 0 Å². The van der Waals surface area contributed by atoms with Gasteiger partial charge in [0, 0.05) is 22.2 Å². The molecule has 0 spiro atoms. The van der Waals surface area contributed by atoms with Gasteiger partial charge in [-0.25, -0.2) is 4.39 Å². The second-order valence-corrected chi connectivity index (χ2v) is 4.96. The Bertz CT molecular complexity index is 640. The summed E-state index contributed by atoms with van der Waals surface area (Å²) in [6.45, 7) is 0. The molecule has 0 saturated heterocycles. The molecule has 0 bridgehead atoms. The predicted molar refractivity (Wildman–Crippen MR) is 82.3 cm³/mol. The van der Waals surface area contributed by atoms with Gasteiger partial charge in [-0.1, -0.05) is 24.3 Å². The maximum atomic E-state index is 13.4. The predicted octanol–water partition coefficient (Wildman–Crippen LogP) is 4.20. The Kier molecular flexibility index (Phi) is 4.96. The molecular weight excluding hydrogens is 273 g/mol. The van der Waals surface area contributed by atoms with E-state index in [9.17, 15) is 9.18 Å². The van der Waals surface area contributed by atoms with Gasteiger partial charge in [-0.15, -0.1) is 11.8 Å². The van der Waals surface area contributed by atoms with Gasteiger partial charge in [0.1, 0.15) is 5.82 Å². The van der Waals surface area contributed by atoms with E-state index < -0.39 is 0 Å². The quantitative estimate of drug-likeness (QED) is 0.674. The summed E-state index contributed by atoms with van der Waals surface area (Å²) < 4.78 is 13.4. The van der Waals surface area contributed by atoms with Crippen molar-refractivity contribution in [3.8, 4) is 0 Å². The average molecular weight is 287 g/mol. The first-order chi connectivity index (χ1) is 9.69. The van der Waals surface area contributed by atoms with Crippen LogP contribution < -0.4 is 5.32 Å². The molecule has 0 radical (unpaired) electrons. The van der Waals surface area contributed by atoms with Crippen LogP contribution in [0.1, 0.15) is 5.56 Å². The van der Waals surface area contributed by atoms with Gasteiger partial charge in [0.2, 0.25) is 5.91 Å². The first-order valence-corrected chi connectivity index (χ1v) is 7.29. The molecule has 0 fully saturated rings. The van der Waals surface area contributed by atoms with Crippen molar-refractivity contribution in [1.82, 2.24) is 0 Å². The monoisotopic (exact) mass is 287 g/mol. The lowest BCUT2D eigenvalue weighted by Crippen LogP contribution is -2.07. The number of carbonyl (C=O) groups is 1. The molecule has 2 aromatic rings. The fourth-order valence-electron chi connectivity index (χ4n) is 1.66. The Morgan fingerprint density at radius 1 is 1.20 bits per heavy atom. The minimum absolute atomic E-state index is 0.286. The molecule has 102 valence electrons. The Balaban J connectivity index is 2.04. The molecule has 0 heterocycles.